The number of aliphatic hydroxyl groups is 1. The van der Waals surface area contributed by atoms with Crippen LogP contribution in [-0.4, -0.2) is 28.6 Å². The maximum absolute atomic E-state index is 12.4. The van der Waals surface area contributed by atoms with Crippen LogP contribution in [-0.2, 0) is 6.18 Å². The van der Waals surface area contributed by atoms with Crippen LogP contribution >= 0.6 is 0 Å². The predicted octanol–water partition coefficient (Wildman–Crippen LogP) is 1.99. The number of pyridine rings is 1. The summed E-state index contributed by atoms with van der Waals surface area (Å²) in [7, 11) is 0. The van der Waals surface area contributed by atoms with E-state index < -0.39 is 17.8 Å². The van der Waals surface area contributed by atoms with Crippen molar-refractivity contribution in [1.29, 1.82) is 0 Å². The molecule has 1 aliphatic carbocycles. The van der Waals surface area contributed by atoms with Gasteiger partial charge >= 0.3 is 6.18 Å². The number of amides is 1. The van der Waals surface area contributed by atoms with E-state index >= 15 is 0 Å². The molecule has 2 N–H and O–H groups in total. The molecule has 0 spiro atoms. The molecule has 1 aromatic rings. The number of aromatic nitrogens is 1. The van der Waals surface area contributed by atoms with Gasteiger partial charge in [0.25, 0.3) is 5.91 Å². The Hall–Kier alpha value is -1.63. The molecule has 1 saturated carbocycles. The predicted molar refractivity (Wildman–Crippen MR) is 64.9 cm³/mol. The lowest BCUT2D eigenvalue weighted by atomic mass is 10.0. The third kappa shape index (κ3) is 3.27. The summed E-state index contributed by atoms with van der Waals surface area (Å²) in [6.07, 6.45) is -1.07. The van der Waals surface area contributed by atoms with Crippen molar-refractivity contribution in [3.63, 3.8) is 0 Å². The Kier molecular flexibility index (Phi) is 4.27. The summed E-state index contributed by atoms with van der Waals surface area (Å²) in [5.41, 5.74) is -0.940. The van der Waals surface area contributed by atoms with E-state index in [2.05, 4.69) is 10.3 Å². The zero-order valence-corrected chi connectivity index (χ0v) is 10.7. The fraction of sp³-hybridized carbons (Fsp3) is 0.538. The highest BCUT2D eigenvalue weighted by atomic mass is 19.4. The van der Waals surface area contributed by atoms with Crippen molar-refractivity contribution in [1.82, 2.24) is 10.3 Å². The van der Waals surface area contributed by atoms with E-state index in [1.165, 1.54) is 0 Å². The molecule has 2 rings (SSSR count). The Labute approximate surface area is 114 Å². The van der Waals surface area contributed by atoms with Gasteiger partial charge in [-0.2, -0.15) is 13.2 Å². The van der Waals surface area contributed by atoms with E-state index in [0.29, 0.717) is 0 Å². The van der Waals surface area contributed by atoms with Gasteiger partial charge in [-0.25, -0.2) is 0 Å². The van der Waals surface area contributed by atoms with Crippen LogP contribution < -0.4 is 5.32 Å². The molecular weight excluding hydrogens is 273 g/mol. The number of alkyl halides is 3. The summed E-state index contributed by atoms with van der Waals surface area (Å²) in [6.45, 7) is -0.00376. The van der Waals surface area contributed by atoms with Crippen molar-refractivity contribution in [2.24, 2.45) is 5.92 Å². The summed E-state index contributed by atoms with van der Waals surface area (Å²) < 4.78 is 37.1. The lowest BCUT2D eigenvalue weighted by Gasteiger charge is -2.19. The Morgan fingerprint density at radius 1 is 1.40 bits per heavy atom. The monoisotopic (exact) mass is 288 g/mol. The Balaban J connectivity index is 2.02. The van der Waals surface area contributed by atoms with E-state index in [4.69, 9.17) is 5.11 Å². The van der Waals surface area contributed by atoms with Crippen LogP contribution in [0.25, 0.3) is 0 Å². The highest BCUT2D eigenvalue weighted by Gasteiger charge is 2.32. The number of aliphatic hydroxyl groups excluding tert-OH is 1. The second-order valence-electron chi connectivity index (χ2n) is 4.88. The lowest BCUT2D eigenvalue weighted by molar-refractivity contribution is -0.141. The van der Waals surface area contributed by atoms with Crippen LogP contribution in [0.15, 0.2) is 18.3 Å². The number of carbonyl (C=O) groups excluding carboxylic acids is 1. The number of nitrogens with one attached hydrogen (secondary N) is 1. The zero-order chi connectivity index (χ0) is 14.8. The average molecular weight is 288 g/mol. The molecule has 1 heterocycles. The van der Waals surface area contributed by atoms with Gasteiger partial charge in [0, 0.05) is 24.8 Å². The number of hydrogen-bond acceptors (Lipinski definition) is 3. The van der Waals surface area contributed by atoms with Crippen LogP contribution in [0, 0.1) is 5.92 Å². The van der Waals surface area contributed by atoms with Crippen LogP contribution in [0.1, 0.15) is 35.3 Å². The first-order valence-electron chi connectivity index (χ1n) is 6.37. The van der Waals surface area contributed by atoms with E-state index in [9.17, 15) is 18.0 Å². The van der Waals surface area contributed by atoms with E-state index in [1.807, 2.05) is 0 Å². The molecule has 20 heavy (non-hydrogen) atoms. The number of halogens is 3. The number of carbonyl (C=O) groups is 1. The average Bonchev–Trinajstić information content (AvgIpc) is 2.85. The lowest BCUT2D eigenvalue weighted by Crippen LogP contribution is -2.38. The van der Waals surface area contributed by atoms with Crippen LogP contribution in [0.5, 0.6) is 0 Å². The first-order chi connectivity index (χ1) is 9.41. The SMILES string of the molecule is O=C(NC1CCCC1CO)c1ccc(C(F)(F)F)nc1. The highest BCUT2D eigenvalue weighted by Crippen LogP contribution is 2.28. The maximum Gasteiger partial charge on any atom is 0.433 e. The molecule has 7 heteroatoms. The number of rotatable bonds is 3. The maximum atomic E-state index is 12.4. The van der Waals surface area contributed by atoms with Gasteiger partial charge in [0.2, 0.25) is 0 Å². The Morgan fingerprint density at radius 3 is 2.70 bits per heavy atom. The molecule has 2 unspecified atom stereocenters. The minimum atomic E-state index is -4.51. The van der Waals surface area contributed by atoms with Gasteiger partial charge in [0.05, 0.1) is 5.56 Å². The van der Waals surface area contributed by atoms with Gasteiger partial charge in [-0.15, -0.1) is 0 Å². The van der Waals surface area contributed by atoms with E-state index in [1.54, 1.807) is 0 Å². The van der Waals surface area contributed by atoms with Gasteiger partial charge in [0.15, 0.2) is 0 Å². The summed E-state index contributed by atoms with van der Waals surface area (Å²) in [4.78, 5) is 15.2. The second-order valence-corrected chi connectivity index (χ2v) is 4.88. The van der Waals surface area contributed by atoms with Crippen molar-refractivity contribution in [2.45, 2.75) is 31.5 Å². The molecule has 0 aromatic carbocycles. The fourth-order valence-electron chi connectivity index (χ4n) is 2.39. The quantitative estimate of drug-likeness (QED) is 0.894. The topological polar surface area (TPSA) is 62.2 Å². The standard InChI is InChI=1S/C13H15F3N2O2/c14-13(15,16)11-5-4-8(6-17-11)12(20)18-10-3-1-2-9(10)7-19/h4-6,9-10,19H,1-3,7H2,(H,18,20). The Morgan fingerprint density at radius 2 is 2.15 bits per heavy atom. The third-order valence-corrected chi connectivity index (χ3v) is 3.53. The molecule has 0 aliphatic heterocycles. The molecule has 110 valence electrons. The molecule has 1 aromatic heterocycles. The molecular formula is C13H15F3N2O2. The van der Waals surface area contributed by atoms with Gasteiger partial charge in [-0.3, -0.25) is 9.78 Å². The van der Waals surface area contributed by atoms with E-state index in [0.717, 1.165) is 37.6 Å². The summed E-state index contributed by atoms with van der Waals surface area (Å²) >= 11 is 0. The van der Waals surface area contributed by atoms with Gasteiger partial charge < -0.3 is 10.4 Å². The zero-order valence-electron chi connectivity index (χ0n) is 10.7. The number of hydrogen-bond donors (Lipinski definition) is 2. The molecule has 1 fully saturated rings. The van der Waals surface area contributed by atoms with Gasteiger partial charge in [-0.05, 0) is 25.0 Å². The second kappa shape index (κ2) is 5.78. The van der Waals surface area contributed by atoms with E-state index in [-0.39, 0.29) is 24.1 Å². The van der Waals surface area contributed by atoms with Gasteiger partial charge in [0.1, 0.15) is 5.69 Å². The first kappa shape index (κ1) is 14.8. The van der Waals surface area contributed by atoms with Crippen LogP contribution in [0.2, 0.25) is 0 Å². The molecule has 0 radical (unpaired) electrons. The van der Waals surface area contributed by atoms with Crippen molar-refractivity contribution < 1.29 is 23.1 Å². The molecule has 0 saturated heterocycles. The largest absolute Gasteiger partial charge is 0.433 e. The van der Waals surface area contributed by atoms with Crippen molar-refractivity contribution in [2.75, 3.05) is 6.61 Å². The minimum Gasteiger partial charge on any atom is -0.396 e. The molecule has 1 aliphatic rings. The summed E-state index contributed by atoms with van der Waals surface area (Å²) in [5, 5.41) is 11.9. The third-order valence-electron chi connectivity index (χ3n) is 3.53. The molecule has 0 bridgehead atoms. The van der Waals surface area contributed by atoms with Gasteiger partial charge in [-0.1, -0.05) is 6.42 Å². The highest BCUT2D eigenvalue weighted by molar-refractivity contribution is 5.94. The Bertz CT molecular complexity index is 473. The fourth-order valence-corrected chi connectivity index (χ4v) is 2.39. The van der Waals surface area contributed by atoms with Crippen molar-refractivity contribution >= 4 is 5.91 Å². The summed E-state index contributed by atoms with van der Waals surface area (Å²) in [6, 6.07) is 1.76. The molecule has 2 atom stereocenters. The summed E-state index contributed by atoms with van der Waals surface area (Å²) in [5.74, 6) is -0.446. The van der Waals surface area contributed by atoms with Crippen LogP contribution in [0.4, 0.5) is 13.2 Å². The molecule has 1 amide bonds. The minimum absolute atomic E-state index is 0.00376. The molecule has 4 nitrogen and oxygen atoms in total. The number of nitrogens with zero attached hydrogens (tertiary/aromatic N) is 1. The van der Waals surface area contributed by atoms with Crippen LogP contribution in [0.3, 0.4) is 0 Å². The normalized spacial score (nSPS) is 22.8. The first-order valence-corrected chi connectivity index (χ1v) is 6.37. The van der Waals surface area contributed by atoms with Crippen molar-refractivity contribution in [3.05, 3.63) is 29.6 Å². The smallest absolute Gasteiger partial charge is 0.396 e. The van der Waals surface area contributed by atoms with Crippen molar-refractivity contribution in [3.8, 4) is 0 Å².